The predicted octanol–water partition coefficient (Wildman–Crippen LogP) is 0.614. The summed E-state index contributed by atoms with van der Waals surface area (Å²) in [5, 5.41) is 3.14. The second-order valence-corrected chi connectivity index (χ2v) is 8.73. The monoisotopic (exact) mass is 276 g/mol. The molecule has 1 aliphatic heterocycles. The third kappa shape index (κ3) is 3.45. The first-order valence-electron chi connectivity index (χ1n) is 6.27. The van der Waals surface area contributed by atoms with Gasteiger partial charge >= 0.3 is 0 Å². The molecule has 0 radical (unpaired) electrons. The van der Waals surface area contributed by atoms with E-state index in [4.69, 9.17) is 0 Å². The van der Waals surface area contributed by atoms with Gasteiger partial charge in [-0.25, -0.2) is 8.42 Å². The molecule has 1 saturated heterocycles. The van der Waals surface area contributed by atoms with Crippen LogP contribution in [0.1, 0.15) is 34.1 Å². The first-order chi connectivity index (χ1) is 8.04. The van der Waals surface area contributed by atoms with Crippen molar-refractivity contribution in [3.63, 3.8) is 0 Å². The molecule has 1 amide bonds. The summed E-state index contributed by atoms with van der Waals surface area (Å²) in [5.74, 6) is 0.439. The van der Waals surface area contributed by atoms with E-state index in [1.807, 2.05) is 0 Å². The fraction of sp³-hybridized carbons (Fsp3) is 0.917. The van der Waals surface area contributed by atoms with Crippen molar-refractivity contribution in [3.8, 4) is 0 Å². The van der Waals surface area contributed by atoms with Crippen LogP contribution >= 0.6 is 0 Å². The molecule has 6 heteroatoms. The van der Waals surface area contributed by atoms with Gasteiger partial charge in [-0.2, -0.15) is 0 Å². The van der Waals surface area contributed by atoms with Gasteiger partial charge in [-0.15, -0.1) is 0 Å². The standard InChI is InChI=1S/C12H24N2O3S/c1-9(2)6-10-13-7-11(15)14(10)8-12(3,4)18(5,16)17/h9-10,13H,6-8H2,1-5H3. The van der Waals surface area contributed by atoms with E-state index in [9.17, 15) is 13.2 Å². The fourth-order valence-corrected chi connectivity index (χ4v) is 2.35. The van der Waals surface area contributed by atoms with Gasteiger partial charge in [-0.05, 0) is 26.2 Å². The molecule has 18 heavy (non-hydrogen) atoms. The Balaban J connectivity index is 2.83. The highest BCUT2D eigenvalue weighted by Crippen LogP contribution is 2.22. The van der Waals surface area contributed by atoms with E-state index in [0.29, 0.717) is 12.5 Å². The molecule has 0 aromatic carbocycles. The van der Waals surface area contributed by atoms with Crippen LogP contribution in [-0.4, -0.2) is 49.5 Å². The lowest BCUT2D eigenvalue weighted by Crippen LogP contribution is -2.49. The number of amides is 1. The maximum atomic E-state index is 11.8. The van der Waals surface area contributed by atoms with Crippen LogP contribution in [0.5, 0.6) is 0 Å². The van der Waals surface area contributed by atoms with Crippen molar-refractivity contribution < 1.29 is 13.2 Å². The summed E-state index contributed by atoms with van der Waals surface area (Å²) in [6.07, 6.45) is 2.02. The molecule has 1 heterocycles. The van der Waals surface area contributed by atoms with E-state index in [0.717, 1.165) is 6.42 Å². The Labute approximate surface area is 110 Å². The lowest BCUT2D eigenvalue weighted by molar-refractivity contribution is -0.128. The van der Waals surface area contributed by atoms with Crippen molar-refractivity contribution in [2.45, 2.75) is 45.0 Å². The van der Waals surface area contributed by atoms with Crippen LogP contribution in [0.4, 0.5) is 0 Å². The molecule has 106 valence electrons. The molecule has 1 fully saturated rings. The van der Waals surface area contributed by atoms with Gasteiger partial charge in [-0.1, -0.05) is 13.8 Å². The number of hydrogen-bond acceptors (Lipinski definition) is 4. The predicted molar refractivity (Wildman–Crippen MR) is 71.9 cm³/mol. The van der Waals surface area contributed by atoms with Gasteiger partial charge in [-0.3, -0.25) is 10.1 Å². The molecule has 0 saturated carbocycles. The molecule has 1 rings (SSSR count). The molecular formula is C12H24N2O3S. The van der Waals surface area contributed by atoms with E-state index >= 15 is 0 Å². The van der Waals surface area contributed by atoms with Crippen LogP contribution in [0.15, 0.2) is 0 Å². The summed E-state index contributed by atoms with van der Waals surface area (Å²) in [4.78, 5) is 13.5. The Morgan fingerprint density at radius 1 is 1.44 bits per heavy atom. The number of sulfone groups is 1. The minimum Gasteiger partial charge on any atom is -0.324 e. The molecule has 0 aromatic heterocycles. The molecule has 0 bridgehead atoms. The number of hydrogen-bond donors (Lipinski definition) is 1. The van der Waals surface area contributed by atoms with Crippen molar-refractivity contribution in [1.29, 1.82) is 0 Å². The van der Waals surface area contributed by atoms with Gasteiger partial charge < -0.3 is 4.90 Å². The van der Waals surface area contributed by atoms with Crippen LogP contribution in [0.2, 0.25) is 0 Å². The van der Waals surface area contributed by atoms with Gasteiger partial charge in [0.1, 0.15) is 0 Å². The lowest BCUT2D eigenvalue weighted by atomic mass is 10.1. The van der Waals surface area contributed by atoms with Gasteiger partial charge in [0, 0.05) is 12.8 Å². The van der Waals surface area contributed by atoms with Crippen molar-refractivity contribution in [2.75, 3.05) is 19.3 Å². The molecule has 0 aliphatic carbocycles. The maximum Gasteiger partial charge on any atom is 0.237 e. The summed E-state index contributed by atoms with van der Waals surface area (Å²) in [5.41, 5.74) is 0. The van der Waals surface area contributed by atoms with Crippen LogP contribution in [0.25, 0.3) is 0 Å². The summed E-state index contributed by atoms with van der Waals surface area (Å²) in [6, 6.07) is 0. The second-order valence-electron chi connectivity index (χ2n) is 6.08. The Bertz CT molecular complexity index is 415. The van der Waals surface area contributed by atoms with Crippen molar-refractivity contribution in [1.82, 2.24) is 10.2 Å². The van der Waals surface area contributed by atoms with E-state index < -0.39 is 14.6 Å². The van der Waals surface area contributed by atoms with E-state index in [1.165, 1.54) is 6.26 Å². The van der Waals surface area contributed by atoms with Crippen molar-refractivity contribution in [3.05, 3.63) is 0 Å². The number of nitrogens with zero attached hydrogens (tertiary/aromatic N) is 1. The number of carbonyl (C=O) groups is 1. The molecular weight excluding hydrogens is 252 g/mol. The molecule has 1 aliphatic rings. The minimum atomic E-state index is -3.19. The molecule has 1 N–H and O–H groups in total. The Hall–Kier alpha value is -0.620. The average Bonchev–Trinajstić information content (AvgIpc) is 2.46. The summed E-state index contributed by atoms with van der Waals surface area (Å²) >= 11 is 0. The summed E-state index contributed by atoms with van der Waals surface area (Å²) in [7, 11) is -3.19. The van der Waals surface area contributed by atoms with Gasteiger partial charge in [0.2, 0.25) is 5.91 Å². The normalized spacial score (nSPS) is 22.0. The third-order valence-corrected chi connectivity index (χ3v) is 5.57. The van der Waals surface area contributed by atoms with Crippen LogP contribution in [-0.2, 0) is 14.6 Å². The smallest absolute Gasteiger partial charge is 0.237 e. The highest BCUT2D eigenvalue weighted by molar-refractivity contribution is 7.92. The van der Waals surface area contributed by atoms with Crippen LogP contribution in [0.3, 0.4) is 0 Å². The molecule has 0 aromatic rings. The molecule has 5 nitrogen and oxygen atoms in total. The van der Waals surface area contributed by atoms with Gasteiger partial charge in [0.25, 0.3) is 0 Å². The number of carbonyl (C=O) groups excluding carboxylic acids is 1. The highest BCUT2D eigenvalue weighted by Gasteiger charge is 2.39. The second kappa shape index (κ2) is 5.17. The Kier molecular flexibility index (Phi) is 4.43. The molecule has 1 atom stereocenters. The van der Waals surface area contributed by atoms with Crippen LogP contribution in [0, 0.1) is 5.92 Å². The number of nitrogens with one attached hydrogen (secondary N) is 1. The maximum absolute atomic E-state index is 11.8. The van der Waals surface area contributed by atoms with E-state index in [2.05, 4.69) is 19.2 Å². The Morgan fingerprint density at radius 2 is 2.00 bits per heavy atom. The highest BCUT2D eigenvalue weighted by atomic mass is 32.2. The lowest BCUT2D eigenvalue weighted by Gasteiger charge is -2.33. The first-order valence-corrected chi connectivity index (χ1v) is 8.16. The van der Waals surface area contributed by atoms with Crippen LogP contribution < -0.4 is 5.32 Å². The summed E-state index contributed by atoms with van der Waals surface area (Å²) < 4.78 is 22.5. The largest absolute Gasteiger partial charge is 0.324 e. The topological polar surface area (TPSA) is 66.5 Å². The third-order valence-electron chi connectivity index (χ3n) is 3.44. The zero-order chi connectivity index (χ0) is 14.1. The SMILES string of the molecule is CC(C)CC1NCC(=O)N1CC(C)(C)S(C)(=O)=O. The molecule has 1 unspecified atom stereocenters. The quantitative estimate of drug-likeness (QED) is 0.799. The number of rotatable bonds is 5. The van der Waals surface area contributed by atoms with Crippen molar-refractivity contribution >= 4 is 15.7 Å². The fourth-order valence-electron chi connectivity index (χ4n) is 1.97. The average molecular weight is 276 g/mol. The Morgan fingerprint density at radius 3 is 2.44 bits per heavy atom. The molecule has 0 spiro atoms. The minimum absolute atomic E-state index is 0.0163. The summed E-state index contributed by atoms with van der Waals surface area (Å²) in [6.45, 7) is 8.06. The van der Waals surface area contributed by atoms with E-state index in [1.54, 1.807) is 18.7 Å². The zero-order valence-corrected chi connectivity index (χ0v) is 12.7. The first kappa shape index (κ1) is 15.4. The van der Waals surface area contributed by atoms with E-state index in [-0.39, 0.29) is 18.6 Å². The van der Waals surface area contributed by atoms with Gasteiger partial charge in [0.05, 0.1) is 17.5 Å². The van der Waals surface area contributed by atoms with Gasteiger partial charge in [0.15, 0.2) is 9.84 Å². The zero-order valence-electron chi connectivity index (χ0n) is 11.9. The van der Waals surface area contributed by atoms with Crippen molar-refractivity contribution in [2.24, 2.45) is 5.92 Å².